The number of allylic oxidation sites excluding steroid dienone is 3. The van der Waals surface area contributed by atoms with Crippen LogP contribution in [0.5, 0.6) is 0 Å². The summed E-state index contributed by atoms with van der Waals surface area (Å²) >= 11 is 0. The smallest absolute Gasteiger partial charge is 0.0879 e. The fraction of sp³-hybridized carbons (Fsp3) is 0.500. The van der Waals surface area contributed by atoms with Crippen LogP contribution in [0.4, 0.5) is 0 Å². The van der Waals surface area contributed by atoms with Gasteiger partial charge < -0.3 is 4.74 Å². The molecule has 0 fully saturated rings. The summed E-state index contributed by atoms with van der Waals surface area (Å²) in [6.07, 6.45) is 12.4. The third kappa shape index (κ3) is 1.49. The molecule has 0 spiro atoms. The highest BCUT2D eigenvalue weighted by atomic mass is 16.5. The van der Waals surface area contributed by atoms with Gasteiger partial charge in [0.15, 0.2) is 0 Å². The predicted octanol–water partition coefficient (Wildman–Crippen LogP) is 3.17. The Balaban J connectivity index is 2.08. The summed E-state index contributed by atoms with van der Waals surface area (Å²) in [6.45, 7) is 0. The lowest BCUT2D eigenvalue weighted by molar-refractivity contribution is 0.133. The van der Waals surface area contributed by atoms with Crippen LogP contribution in [-0.2, 0) is 4.74 Å². The Labute approximate surface area is 96.4 Å². The zero-order valence-corrected chi connectivity index (χ0v) is 9.70. The number of fused-ring (bicyclic) bond motifs is 1. The van der Waals surface area contributed by atoms with Crippen LogP contribution < -0.4 is 0 Å². The van der Waals surface area contributed by atoms with Gasteiger partial charge in [-0.2, -0.15) is 0 Å². The van der Waals surface area contributed by atoms with Gasteiger partial charge in [0, 0.05) is 18.9 Å². The van der Waals surface area contributed by atoms with Gasteiger partial charge in [-0.3, -0.25) is 4.99 Å². The van der Waals surface area contributed by atoms with Crippen molar-refractivity contribution in [3.8, 4) is 0 Å². The molecule has 1 unspecified atom stereocenters. The van der Waals surface area contributed by atoms with Crippen molar-refractivity contribution in [1.82, 2.24) is 0 Å². The molecular weight excluding hydrogens is 198 g/mol. The highest BCUT2D eigenvalue weighted by Gasteiger charge is 2.28. The number of rotatable bonds is 1. The van der Waals surface area contributed by atoms with E-state index < -0.39 is 0 Å². The molecule has 0 saturated carbocycles. The summed E-state index contributed by atoms with van der Waals surface area (Å²) in [6, 6.07) is 0. The average Bonchev–Trinajstić information content (AvgIpc) is 2.37. The lowest BCUT2D eigenvalue weighted by Gasteiger charge is -2.31. The number of ether oxygens (including phenoxy) is 1. The van der Waals surface area contributed by atoms with E-state index in [1.807, 2.05) is 0 Å². The van der Waals surface area contributed by atoms with E-state index >= 15 is 0 Å². The van der Waals surface area contributed by atoms with E-state index in [0.717, 1.165) is 12.8 Å². The maximum absolute atomic E-state index is 5.59. The Morgan fingerprint density at radius 1 is 1.31 bits per heavy atom. The van der Waals surface area contributed by atoms with Gasteiger partial charge in [-0.15, -0.1) is 0 Å². The standard InChI is InChI=1S/C14H17NO/c1-16-12-6-2-4-10-7-8-11-5-3-9-15-14(11)13(10)12/h2,4,9,12H,3,5-8H2,1H3. The average molecular weight is 215 g/mol. The zero-order chi connectivity index (χ0) is 11.0. The molecule has 0 bridgehead atoms. The van der Waals surface area contributed by atoms with E-state index in [4.69, 9.17) is 4.74 Å². The fourth-order valence-electron chi connectivity index (χ4n) is 2.88. The van der Waals surface area contributed by atoms with Crippen molar-refractivity contribution in [3.63, 3.8) is 0 Å². The van der Waals surface area contributed by atoms with Crippen LogP contribution in [0.3, 0.4) is 0 Å². The number of aliphatic imine (C=N–C) groups is 1. The van der Waals surface area contributed by atoms with Gasteiger partial charge >= 0.3 is 0 Å². The minimum atomic E-state index is 0.223. The summed E-state index contributed by atoms with van der Waals surface area (Å²) in [5.74, 6) is 0. The molecule has 2 aliphatic carbocycles. The summed E-state index contributed by atoms with van der Waals surface area (Å²) in [7, 11) is 1.80. The summed E-state index contributed by atoms with van der Waals surface area (Å²) < 4.78 is 5.59. The number of hydrogen-bond donors (Lipinski definition) is 0. The first kappa shape index (κ1) is 10.0. The third-order valence-electron chi connectivity index (χ3n) is 3.70. The minimum Gasteiger partial charge on any atom is -0.376 e. The Kier molecular flexibility index (Phi) is 2.52. The van der Waals surface area contributed by atoms with Crippen molar-refractivity contribution >= 4 is 6.21 Å². The van der Waals surface area contributed by atoms with Crippen LogP contribution in [-0.4, -0.2) is 19.4 Å². The first-order valence-electron chi connectivity index (χ1n) is 6.07. The second kappa shape index (κ2) is 4.02. The molecule has 0 amide bonds. The van der Waals surface area contributed by atoms with E-state index in [2.05, 4.69) is 23.4 Å². The van der Waals surface area contributed by atoms with Crippen molar-refractivity contribution in [1.29, 1.82) is 0 Å². The van der Waals surface area contributed by atoms with Gasteiger partial charge in [-0.05, 0) is 43.3 Å². The molecule has 3 aliphatic rings. The molecule has 0 N–H and O–H groups in total. The second-order valence-electron chi connectivity index (χ2n) is 4.60. The molecule has 84 valence electrons. The maximum atomic E-state index is 5.59. The highest BCUT2D eigenvalue weighted by molar-refractivity contribution is 5.66. The number of methoxy groups -OCH3 is 1. The van der Waals surface area contributed by atoms with Crippen molar-refractivity contribution < 1.29 is 4.74 Å². The van der Waals surface area contributed by atoms with E-state index in [0.29, 0.717) is 0 Å². The molecule has 0 aromatic heterocycles. The zero-order valence-electron chi connectivity index (χ0n) is 9.70. The van der Waals surface area contributed by atoms with Gasteiger partial charge in [0.25, 0.3) is 0 Å². The van der Waals surface area contributed by atoms with E-state index in [-0.39, 0.29) is 6.10 Å². The van der Waals surface area contributed by atoms with Gasteiger partial charge in [0.2, 0.25) is 0 Å². The molecule has 0 aromatic rings. The Bertz CT molecular complexity index is 426. The topological polar surface area (TPSA) is 21.6 Å². The maximum Gasteiger partial charge on any atom is 0.0879 e. The van der Waals surface area contributed by atoms with Crippen LogP contribution in [0.1, 0.15) is 32.1 Å². The van der Waals surface area contributed by atoms with E-state index in [1.165, 1.54) is 36.1 Å². The van der Waals surface area contributed by atoms with Gasteiger partial charge in [-0.1, -0.05) is 12.2 Å². The molecule has 0 aromatic carbocycles. The largest absolute Gasteiger partial charge is 0.376 e. The molecule has 1 aliphatic heterocycles. The molecule has 16 heavy (non-hydrogen) atoms. The molecule has 0 saturated heterocycles. The van der Waals surface area contributed by atoms with E-state index in [1.54, 1.807) is 12.7 Å². The van der Waals surface area contributed by atoms with Crippen LogP contribution >= 0.6 is 0 Å². The van der Waals surface area contributed by atoms with Crippen LogP contribution in [0.25, 0.3) is 0 Å². The lowest BCUT2D eigenvalue weighted by atomic mass is 9.81. The van der Waals surface area contributed by atoms with Crippen molar-refractivity contribution in [3.05, 3.63) is 34.6 Å². The van der Waals surface area contributed by atoms with Gasteiger partial charge in [-0.25, -0.2) is 0 Å². The quantitative estimate of drug-likeness (QED) is 0.658. The first-order chi connectivity index (χ1) is 7.90. The normalized spacial score (nSPS) is 28.2. The number of nitrogens with zero attached hydrogens (tertiary/aromatic N) is 1. The van der Waals surface area contributed by atoms with Crippen LogP contribution in [0.15, 0.2) is 39.6 Å². The molecule has 2 heteroatoms. The van der Waals surface area contributed by atoms with Crippen LogP contribution in [0, 0.1) is 0 Å². The molecule has 2 nitrogen and oxygen atoms in total. The monoisotopic (exact) mass is 215 g/mol. The predicted molar refractivity (Wildman–Crippen MR) is 65.6 cm³/mol. The van der Waals surface area contributed by atoms with Crippen molar-refractivity contribution in [2.24, 2.45) is 4.99 Å². The molecule has 3 rings (SSSR count). The third-order valence-corrected chi connectivity index (χ3v) is 3.70. The highest BCUT2D eigenvalue weighted by Crippen LogP contribution is 2.40. The van der Waals surface area contributed by atoms with E-state index in [9.17, 15) is 0 Å². The Hall–Kier alpha value is -1.15. The summed E-state index contributed by atoms with van der Waals surface area (Å²) in [5, 5.41) is 0. The van der Waals surface area contributed by atoms with Gasteiger partial charge in [0.1, 0.15) is 0 Å². The molecular formula is C14H17NO. The van der Waals surface area contributed by atoms with Gasteiger partial charge in [0.05, 0.1) is 11.8 Å². The van der Waals surface area contributed by atoms with Crippen LogP contribution in [0.2, 0.25) is 0 Å². The lowest BCUT2D eigenvalue weighted by Crippen LogP contribution is -2.22. The Morgan fingerprint density at radius 3 is 3.12 bits per heavy atom. The summed E-state index contributed by atoms with van der Waals surface area (Å²) in [4.78, 5) is 4.62. The second-order valence-corrected chi connectivity index (χ2v) is 4.60. The summed E-state index contributed by atoms with van der Waals surface area (Å²) in [5.41, 5.74) is 5.58. The first-order valence-corrected chi connectivity index (χ1v) is 6.07. The van der Waals surface area contributed by atoms with Crippen molar-refractivity contribution in [2.45, 2.75) is 38.2 Å². The molecule has 1 atom stereocenters. The SMILES string of the molecule is COC1CC=CC2=C1C1=C(CCC=N1)CC2. The Morgan fingerprint density at radius 2 is 2.25 bits per heavy atom. The van der Waals surface area contributed by atoms with Crippen molar-refractivity contribution in [2.75, 3.05) is 7.11 Å². The molecule has 1 heterocycles. The minimum absolute atomic E-state index is 0.223. The molecule has 0 radical (unpaired) electrons. The number of hydrogen-bond acceptors (Lipinski definition) is 2. The fourth-order valence-corrected chi connectivity index (χ4v) is 2.88.